The summed E-state index contributed by atoms with van der Waals surface area (Å²) in [5, 5.41) is 3.83. The van der Waals surface area contributed by atoms with Crippen molar-refractivity contribution >= 4 is 45.4 Å². The molecule has 0 saturated carbocycles. The molecular formula is C25H27N5O2. The van der Waals surface area contributed by atoms with Crippen molar-refractivity contribution < 1.29 is 9.59 Å². The molecular weight excluding hydrogens is 402 g/mol. The molecule has 7 heteroatoms. The van der Waals surface area contributed by atoms with Gasteiger partial charge < -0.3 is 14.9 Å². The Morgan fingerprint density at radius 1 is 1.09 bits per heavy atom. The topological polar surface area (TPSA) is 93.9 Å². The van der Waals surface area contributed by atoms with Crippen LogP contribution in [0.15, 0.2) is 42.5 Å². The molecule has 4 aromatic rings. The second kappa shape index (κ2) is 7.51. The molecule has 0 fully saturated rings. The van der Waals surface area contributed by atoms with E-state index in [1.54, 1.807) is 0 Å². The van der Waals surface area contributed by atoms with Crippen molar-refractivity contribution in [2.45, 2.75) is 45.4 Å². The van der Waals surface area contributed by atoms with E-state index in [4.69, 9.17) is 0 Å². The molecule has 1 aliphatic rings. The van der Waals surface area contributed by atoms with Gasteiger partial charge in [0.2, 0.25) is 11.9 Å². The van der Waals surface area contributed by atoms with Gasteiger partial charge in [-0.15, -0.1) is 0 Å². The lowest BCUT2D eigenvalue weighted by Crippen LogP contribution is -2.36. The van der Waals surface area contributed by atoms with E-state index in [2.05, 4.69) is 27.2 Å². The Kier molecular flexibility index (Phi) is 4.77. The molecule has 0 saturated heterocycles. The number of imidazole rings is 1. The first-order chi connectivity index (χ1) is 15.4. The van der Waals surface area contributed by atoms with E-state index in [-0.39, 0.29) is 11.8 Å². The quantitative estimate of drug-likeness (QED) is 0.372. The highest BCUT2D eigenvalue weighted by molar-refractivity contribution is 6.10. The van der Waals surface area contributed by atoms with Crippen molar-refractivity contribution in [3.8, 4) is 0 Å². The highest BCUT2D eigenvalue weighted by atomic mass is 16.2. The van der Waals surface area contributed by atoms with Gasteiger partial charge in [0.05, 0.1) is 22.1 Å². The summed E-state index contributed by atoms with van der Waals surface area (Å²) in [5.74, 6) is 0.252. The molecule has 2 aromatic carbocycles. The molecule has 2 amide bonds. The third kappa shape index (κ3) is 3.25. The Morgan fingerprint density at radius 3 is 2.69 bits per heavy atom. The number of hydrogen-bond donors (Lipinski definition) is 3. The number of carbonyl (C=O) groups is 2. The number of rotatable bonds is 6. The number of carbonyl (C=O) groups excluding carboxylic acids is 2. The molecule has 164 valence electrons. The molecule has 0 atom stereocenters. The van der Waals surface area contributed by atoms with Crippen molar-refractivity contribution in [3.05, 3.63) is 53.7 Å². The van der Waals surface area contributed by atoms with Crippen LogP contribution in [0.2, 0.25) is 0 Å². The summed E-state index contributed by atoms with van der Waals surface area (Å²) in [6.07, 6.45) is 3.17. The van der Waals surface area contributed by atoms with E-state index < -0.39 is 5.41 Å². The molecule has 1 aliphatic heterocycles. The van der Waals surface area contributed by atoms with Crippen LogP contribution in [0.5, 0.6) is 0 Å². The number of fused-ring (bicyclic) bond motifs is 3. The van der Waals surface area contributed by atoms with E-state index in [9.17, 15) is 9.59 Å². The lowest BCUT2D eigenvalue weighted by molar-refractivity contribution is -0.122. The number of para-hydroxylation sites is 1. The third-order valence-electron chi connectivity index (χ3n) is 6.34. The average Bonchev–Trinajstić information content (AvgIpc) is 3.42. The van der Waals surface area contributed by atoms with Crippen molar-refractivity contribution in [2.75, 3.05) is 16.8 Å². The van der Waals surface area contributed by atoms with Gasteiger partial charge in [0.15, 0.2) is 0 Å². The number of benzene rings is 2. The van der Waals surface area contributed by atoms with Gasteiger partial charge in [-0.3, -0.25) is 14.9 Å². The largest absolute Gasteiger partial charge is 0.351 e. The summed E-state index contributed by atoms with van der Waals surface area (Å²) >= 11 is 0. The number of nitrogens with one attached hydrogen (secondary N) is 3. The lowest BCUT2D eigenvalue weighted by Gasteiger charge is -2.20. The predicted octanol–water partition coefficient (Wildman–Crippen LogP) is 5.11. The van der Waals surface area contributed by atoms with Gasteiger partial charge in [0.1, 0.15) is 5.69 Å². The van der Waals surface area contributed by atoms with Gasteiger partial charge in [-0.05, 0) is 50.1 Å². The van der Waals surface area contributed by atoms with Gasteiger partial charge in [-0.1, -0.05) is 38.0 Å². The Balaban J connectivity index is 1.44. The van der Waals surface area contributed by atoms with Gasteiger partial charge in [-0.2, -0.15) is 0 Å². The van der Waals surface area contributed by atoms with Gasteiger partial charge in [0, 0.05) is 17.4 Å². The van der Waals surface area contributed by atoms with Crippen molar-refractivity contribution in [1.29, 1.82) is 0 Å². The maximum Gasteiger partial charge on any atom is 0.274 e. The van der Waals surface area contributed by atoms with Crippen molar-refractivity contribution in [1.82, 2.24) is 15.0 Å². The van der Waals surface area contributed by atoms with Crippen molar-refractivity contribution in [2.24, 2.45) is 0 Å². The van der Waals surface area contributed by atoms with Gasteiger partial charge in [0.25, 0.3) is 5.91 Å². The molecule has 3 heterocycles. The highest BCUT2D eigenvalue weighted by Crippen LogP contribution is 2.43. The van der Waals surface area contributed by atoms with E-state index in [0.717, 1.165) is 52.4 Å². The minimum absolute atomic E-state index is 0.128. The minimum atomic E-state index is -0.589. The fraction of sp³-hybridized carbons (Fsp3) is 0.320. The zero-order valence-corrected chi connectivity index (χ0v) is 18.6. The Labute approximate surface area is 186 Å². The van der Waals surface area contributed by atoms with Crippen LogP contribution in [0.1, 0.15) is 56.1 Å². The Hall–Kier alpha value is -3.61. The number of hydrogen-bond acceptors (Lipinski definition) is 3. The fourth-order valence-corrected chi connectivity index (χ4v) is 4.50. The number of anilines is 2. The molecule has 7 nitrogen and oxygen atoms in total. The van der Waals surface area contributed by atoms with Gasteiger partial charge in [-0.25, -0.2) is 4.98 Å². The summed E-state index contributed by atoms with van der Waals surface area (Å²) in [4.78, 5) is 38.6. The fourth-order valence-electron chi connectivity index (χ4n) is 4.50. The van der Waals surface area contributed by atoms with Gasteiger partial charge >= 0.3 is 0 Å². The van der Waals surface area contributed by atoms with Crippen LogP contribution in [-0.2, 0) is 10.2 Å². The Bertz CT molecular complexity index is 1310. The summed E-state index contributed by atoms with van der Waals surface area (Å²) < 4.78 is 0. The molecule has 3 N–H and O–H groups in total. The van der Waals surface area contributed by atoms with E-state index in [1.807, 2.05) is 61.2 Å². The monoisotopic (exact) mass is 429 g/mol. The maximum atomic E-state index is 13.1. The number of nitrogens with zero attached hydrogens (tertiary/aromatic N) is 2. The van der Waals surface area contributed by atoms with Crippen LogP contribution in [-0.4, -0.2) is 33.3 Å². The van der Waals surface area contributed by atoms with Crippen LogP contribution >= 0.6 is 0 Å². The summed E-state index contributed by atoms with van der Waals surface area (Å²) in [7, 11) is 0. The molecule has 0 radical (unpaired) electrons. The highest BCUT2D eigenvalue weighted by Gasteiger charge is 2.44. The van der Waals surface area contributed by atoms with Crippen molar-refractivity contribution in [3.63, 3.8) is 0 Å². The standard InChI is InChI=1S/C25H27N5O2/c1-4-5-8-11-30-21-14-19-18(13-16(21)25(2,3)23(30)32)27-24(28-19)29-22(31)20-12-15-9-6-7-10-17(15)26-20/h6-7,9-10,12-14,26H,4-5,8,11H2,1-3H3,(H2,27,28,29,31). The first-order valence-electron chi connectivity index (χ1n) is 11.1. The van der Waals surface area contributed by atoms with E-state index in [0.29, 0.717) is 18.2 Å². The first kappa shape index (κ1) is 20.3. The average molecular weight is 430 g/mol. The number of amides is 2. The molecule has 0 bridgehead atoms. The third-order valence-corrected chi connectivity index (χ3v) is 6.34. The number of unbranched alkanes of at least 4 members (excludes halogenated alkanes) is 2. The smallest absolute Gasteiger partial charge is 0.274 e. The number of H-pyrrole nitrogens is 2. The molecule has 0 spiro atoms. The van der Waals surface area contributed by atoms with Crippen LogP contribution in [0.4, 0.5) is 11.6 Å². The summed E-state index contributed by atoms with van der Waals surface area (Å²) in [6.45, 7) is 6.80. The number of aromatic nitrogens is 3. The second-order valence-corrected chi connectivity index (χ2v) is 8.99. The van der Waals surface area contributed by atoms with E-state index >= 15 is 0 Å². The van der Waals surface area contributed by atoms with Crippen LogP contribution in [0.25, 0.3) is 21.9 Å². The van der Waals surface area contributed by atoms with Crippen LogP contribution in [0.3, 0.4) is 0 Å². The number of aromatic amines is 2. The summed E-state index contributed by atoms with van der Waals surface area (Å²) in [6, 6.07) is 13.5. The first-order valence-corrected chi connectivity index (χ1v) is 11.1. The zero-order chi connectivity index (χ0) is 22.5. The SMILES string of the molecule is CCCCCN1C(=O)C(C)(C)c2cc3[nH]c(NC(=O)c4cc5ccccc5[nH]4)nc3cc21. The molecule has 0 unspecified atom stereocenters. The zero-order valence-electron chi connectivity index (χ0n) is 18.6. The second-order valence-electron chi connectivity index (χ2n) is 8.99. The predicted molar refractivity (Wildman–Crippen MR) is 127 cm³/mol. The molecule has 0 aliphatic carbocycles. The molecule has 2 aromatic heterocycles. The minimum Gasteiger partial charge on any atom is -0.351 e. The maximum absolute atomic E-state index is 13.1. The lowest BCUT2D eigenvalue weighted by atomic mass is 9.86. The van der Waals surface area contributed by atoms with Crippen LogP contribution in [0, 0.1) is 0 Å². The molecule has 32 heavy (non-hydrogen) atoms. The Morgan fingerprint density at radius 2 is 1.91 bits per heavy atom. The molecule has 5 rings (SSSR count). The normalized spacial score (nSPS) is 15.0. The summed E-state index contributed by atoms with van der Waals surface area (Å²) in [5.41, 5.74) is 4.23. The van der Waals surface area contributed by atoms with E-state index in [1.165, 1.54) is 0 Å². The van der Waals surface area contributed by atoms with Crippen LogP contribution < -0.4 is 10.2 Å².